The van der Waals surface area contributed by atoms with Gasteiger partial charge in [0.1, 0.15) is 6.54 Å². The number of carbonyl (C=O) groups excluding carboxylic acids is 1. The van der Waals surface area contributed by atoms with Crippen LogP contribution in [0.2, 0.25) is 0 Å². The molecular weight excluding hydrogens is 408 g/mol. The Morgan fingerprint density at radius 3 is 1.44 bits per heavy atom. The third-order valence-electron chi connectivity index (χ3n) is 5.89. The van der Waals surface area contributed by atoms with Crippen LogP contribution in [-0.4, -0.2) is 53.7 Å². The molecule has 0 heterocycles. The second-order valence-electron chi connectivity index (χ2n) is 9.75. The fourth-order valence-corrected chi connectivity index (χ4v) is 4.10. The van der Waals surface area contributed by atoms with E-state index >= 15 is 0 Å². The zero-order chi connectivity index (χ0) is 24.7. The number of Topliss-reactive ketones (excluding diaryl/α,β-unsaturated/α-hetero) is 1. The van der Waals surface area contributed by atoms with Crippen LogP contribution in [0.25, 0.3) is 0 Å². The first-order valence-electron chi connectivity index (χ1n) is 13.0. The lowest BCUT2D eigenvalue weighted by Gasteiger charge is -2.31. The summed E-state index contributed by atoms with van der Waals surface area (Å²) >= 11 is 0. The number of aliphatic hydroxyl groups is 1. The molecule has 7 nitrogen and oxygen atoms in total. The Kier molecular flexibility index (Phi) is 23.7. The van der Waals surface area contributed by atoms with E-state index in [4.69, 9.17) is 15.3 Å². The highest BCUT2D eigenvalue weighted by Crippen LogP contribution is 2.14. The normalized spacial score (nSPS) is 12.2. The number of hydrogen-bond acceptors (Lipinski definition) is 5. The van der Waals surface area contributed by atoms with Gasteiger partial charge in [0.05, 0.1) is 25.7 Å². The minimum atomic E-state index is -1.75. The molecular formula is C25H52N2O5. The minimum Gasteiger partial charge on any atom is -0.380 e. The van der Waals surface area contributed by atoms with Crippen molar-refractivity contribution < 1.29 is 19.5 Å². The quantitative estimate of drug-likeness (QED) is 0.0920. The van der Waals surface area contributed by atoms with Crippen molar-refractivity contribution in [2.45, 2.75) is 129 Å². The highest BCUT2D eigenvalue weighted by atomic mass is 16.9. The summed E-state index contributed by atoms with van der Waals surface area (Å²) in [6.45, 7) is 5.97. The van der Waals surface area contributed by atoms with E-state index in [1.165, 1.54) is 83.5 Å². The Balaban J connectivity index is 0. The molecule has 1 N–H and O–H groups in total. The molecule has 0 rings (SSSR count). The lowest BCUT2D eigenvalue weighted by atomic mass is 10.0. The van der Waals surface area contributed by atoms with Gasteiger partial charge in [-0.3, -0.25) is 4.79 Å². The maximum Gasteiger partial charge on any atom is 0.167 e. The summed E-state index contributed by atoms with van der Waals surface area (Å²) < 4.78 is 0.724. The van der Waals surface area contributed by atoms with Crippen molar-refractivity contribution >= 4 is 5.78 Å². The van der Waals surface area contributed by atoms with Crippen LogP contribution in [-0.2, 0) is 4.79 Å². The van der Waals surface area contributed by atoms with Crippen molar-refractivity contribution in [1.29, 1.82) is 0 Å². The monoisotopic (exact) mass is 460 g/mol. The molecule has 0 aromatic heterocycles. The summed E-state index contributed by atoms with van der Waals surface area (Å²) in [4.78, 5) is 20.3. The summed E-state index contributed by atoms with van der Waals surface area (Å²) in [6.07, 6.45) is 20.9. The molecule has 0 spiro atoms. The van der Waals surface area contributed by atoms with Crippen LogP contribution in [0.5, 0.6) is 0 Å². The van der Waals surface area contributed by atoms with E-state index in [-0.39, 0.29) is 5.78 Å². The average molecular weight is 461 g/mol. The Bertz CT molecular complexity index is 440. The number of carbonyl (C=O) groups is 1. The van der Waals surface area contributed by atoms with Gasteiger partial charge in [-0.15, -0.1) is 0 Å². The predicted molar refractivity (Wildman–Crippen MR) is 133 cm³/mol. The van der Waals surface area contributed by atoms with E-state index in [1.807, 2.05) is 0 Å². The maximum absolute atomic E-state index is 12.1. The van der Waals surface area contributed by atoms with E-state index < -0.39 is 11.2 Å². The third kappa shape index (κ3) is 26.8. The predicted octanol–water partition coefficient (Wildman–Crippen LogP) is 6.43. The molecule has 0 radical (unpaired) electrons. The van der Waals surface area contributed by atoms with Crippen molar-refractivity contribution in [3.63, 3.8) is 0 Å². The molecule has 0 amide bonds. The van der Waals surface area contributed by atoms with Gasteiger partial charge in [0, 0.05) is 6.42 Å². The largest absolute Gasteiger partial charge is 0.380 e. The first-order chi connectivity index (χ1) is 15.2. The number of quaternary nitrogens is 1. The lowest BCUT2D eigenvalue weighted by Crippen LogP contribution is -2.48. The van der Waals surface area contributed by atoms with E-state index in [2.05, 4.69) is 27.9 Å². The second-order valence-corrected chi connectivity index (χ2v) is 9.75. The van der Waals surface area contributed by atoms with Crippen LogP contribution < -0.4 is 0 Å². The highest BCUT2D eigenvalue weighted by Gasteiger charge is 2.24. The van der Waals surface area contributed by atoms with Crippen molar-refractivity contribution in [3.8, 4) is 0 Å². The molecule has 0 bridgehead atoms. The number of ketones is 1. The zero-order valence-corrected chi connectivity index (χ0v) is 21.5. The van der Waals surface area contributed by atoms with E-state index in [0.717, 1.165) is 30.3 Å². The van der Waals surface area contributed by atoms with Gasteiger partial charge >= 0.3 is 0 Å². The number of hydrogen-bond donors (Lipinski definition) is 1. The van der Waals surface area contributed by atoms with Gasteiger partial charge < -0.3 is 24.9 Å². The van der Waals surface area contributed by atoms with Crippen molar-refractivity contribution in [2.75, 3.05) is 27.2 Å². The Hall–Kier alpha value is -1.21. The topological polar surface area (TPSA) is 104 Å². The van der Waals surface area contributed by atoms with Crippen LogP contribution in [0.3, 0.4) is 0 Å². The highest BCUT2D eigenvalue weighted by molar-refractivity contribution is 5.82. The SMILES string of the molecule is CCCCCCCCCCCCCCCCCC(=O)C(O)C[N+](C)(C)CCC.O=[N+]([O-])[O-]. The second kappa shape index (κ2) is 23.0. The number of rotatable bonds is 21. The molecule has 0 aromatic carbocycles. The summed E-state index contributed by atoms with van der Waals surface area (Å²) in [5.41, 5.74) is 0. The van der Waals surface area contributed by atoms with Gasteiger partial charge in [-0.1, -0.05) is 104 Å². The standard InChI is InChI=1S/C25H52NO2.NO3/c1-5-7-8-9-10-11-12-13-14-15-16-17-18-19-20-21-24(27)25(28)23-26(3,4)22-6-2;2-1(3)4/h25,28H,5-23H2,1-4H3;/q+1;-1. The Morgan fingerprint density at radius 2 is 1.09 bits per heavy atom. The lowest BCUT2D eigenvalue weighted by molar-refractivity contribution is -0.892. The Morgan fingerprint density at radius 1 is 0.750 bits per heavy atom. The van der Waals surface area contributed by atoms with Gasteiger partial charge in [-0.25, -0.2) is 0 Å². The van der Waals surface area contributed by atoms with Crippen LogP contribution in [0.15, 0.2) is 0 Å². The van der Waals surface area contributed by atoms with Crippen LogP contribution in [0.4, 0.5) is 0 Å². The van der Waals surface area contributed by atoms with Crippen LogP contribution >= 0.6 is 0 Å². The van der Waals surface area contributed by atoms with Crippen LogP contribution in [0, 0.1) is 15.3 Å². The fraction of sp³-hybridized carbons (Fsp3) is 0.960. The van der Waals surface area contributed by atoms with E-state index in [1.54, 1.807) is 0 Å². The van der Waals surface area contributed by atoms with E-state index in [9.17, 15) is 9.90 Å². The van der Waals surface area contributed by atoms with Gasteiger partial charge in [-0.05, 0) is 12.8 Å². The molecule has 0 aromatic rings. The van der Waals surface area contributed by atoms with Gasteiger partial charge in [0.25, 0.3) is 0 Å². The summed E-state index contributed by atoms with van der Waals surface area (Å²) in [5, 5.41) is 24.9. The first-order valence-corrected chi connectivity index (χ1v) is 13.0. The van der Waals surface area contributed by atoms with Crippen LogP contribution in [0.1, 0.15) is 123 Å². The van der Waals surface area contributed by atoms with Crippen molar-refractivity contribution in [3.05, 3.63) is 15.3 Å². The first kappa shape index (κ1) is 33.0. The molecule has 0 fully saturated rings. The maximum atomic E-state index is 12.1. The third-order valence-corrected chi connectivity index (χ3v) is 5.89. The summed E-state index contributed by atoms with van der Waals surface area (Å²) in [5.74, 6) is 0.0389. The van der Waals surface area contributed by atoms with Gasteiger partial charge in [-0.2, -0.15) is 0 Å². The molecule has 32 heavy (non-hydrogen) atoms. The molecule has 0 aliphatic heterocycles. The molecule has 0 aliphatic carbocycles. The number of aliphatic hydroxyl groups excluding tert-OH is 1. The van der Waals surface area contributed by atoms with Crippen molar-refractivity contribution in [2.24, 2.45) is 0 Å². The molecule has 192 valence electrons. The summed E-state index contributed by atoms with van der Waals surface area (Å²) in [7, 11) is 4.18. The minimum absolute atomic E-state index is 0.0389. The molecule has 7 heteroatoms. The molecule has 1 unspecified atom stereocenters. The molecule has 0 saturated carbocycles. The number of unbranched alkanes of at least 4 members (excludes halogenated alkanes) is 14. The summed E-state index contributed by atoms with van der Waals surface area (Å²) in [6, 6.07) is 0. The number of likely N-dealkylation sites (N-methyl/N-ethyl adjacent to an activating group) is 1. The smallest absolute Gasteiger partial charge is 0.167 e. The Labute approximate surface area is 197 Å². The van der Waals surface area contributed by atoms with Gasteiger partial charge in [0.15, 0.2) is 11.9 Å². The fourth-order valence-electron chi connectivity index (χ4n) is 4.10. The van der Waals surface area contributed by atoms with Gasteiger partial charge in [0.2, 0.25) is 0 Å². The zero-order valence-electron chi connectivity index (χ0n) is 21.5. The number of nitrogens with zero attached hydrogens (tertiary/aromatic N) is 2. The molecule has 1 atom stereocenters. The molecule has 0 saturated heterocycles. The van der Waals surface area contributed by atoms with Crippen molar-refractivity contribution in [1.82, 2.24) is 0 Å². The molecule has 0 aliphatic rings. The average Bonchev–Trinajstić information content (AvgIpc) is 2.69. The van der Waals surface area contributed by atoms with E-state index in [0.29, 0.717) is 13.0 Å².